The maximum atomic E-state index is 12.4. The number of halogens is 2. The molecule has 1 amide bonds. The van der Waals surface area contributed by atoms with E-state index in [1.165, 1.54) is 0 Å². The standard InChI is InChI=1S/C13H14BrClN2O/c14-12-3-10(15)1-2-11(12)13(18)17-6-8-4-16-5-9(8)7-17/h1-3,8-9,16H,4-7H2/t8-,9+. The number of carbonyl (C=O) groups excluding carboxylic acids is 1. The summed E-state index contributed by atoms with van der Waals surface area (Å²) in [6.45, 7) is 3.81. The summed E-state index contributed by atoms with van der Waals surface area (Å²) in [6.07, 6.45) is 0. The molecule has 2 aliphatic rings. The van der Waals surface area contributed by atoms with E-state index in [1.807, 2.05) is 4.90 Å². The third-order valence-corrected chi connectivity index (χ3v) is 4.73. The highest BCUT2D eigenvalue weighted by Crippen LogP contribution is 2.29. The lowest BCUT2D eigenvalue weighted by Crippen LogP contribution is -2.32. The summed E-state index contributed by atoms with van der Waals surface area (Å²) < 4.78 is 0.773. The lowest BCUT2D eigenvalue weighted by molar-refractivity contribution is 0.0781. The molecule has 0 aliphatic carbocycles. The number of nitrogens with one attached hydrogen (secondary N) is 1. The third-order valence-electron chi connectivity index (χ3n) is 3.84. The summed E-state index contributed by atoms with van der Waals surface area (Å²) in [4.78, 5) is 14.4. The first-order valence-corrected chi connectivity index (χ1v) is 7.27. The van der Waals surface area contributed by atoms with Crippen molar-refractivity contribution in [2.24, 2.45) is 11.8 Å². The Labute approximate surface area is 120 Å². The Morgan fingerprint density at radius 2 is 2.00 bits per heavy atom. The van der Waals surface area contributed by atoms with Gasteiger partial charge in [-0.05, 0) is 46.0 Å². The topological polar surface area (TPSA) is 32.3 Å². The number of amides is 1. The lowest BCUT2D eigenvalue weighted by Gasteiger charge is -2.18. The van der Waals surface area contributed by atoms with Gasteiger partial charge in [0.2, 0.25) is 0 Å². The summed E-state index contributed by atoms with van der Waals surface area (Å²) in [7, 11) is 0. The van der Waals surface area contributed by atoms with Gasteiger partial charge in [-0.2, -0.15) is 0 Å². The van der Waals surface area contributed by atoms with Crippen molar-refractivity contribution in [2.45, 2.75) is 0 Å². The van der Waals surface area contributed by atoms with Crippen LogP contribution in [0.4, 0.5) is 0 Å². The van der Waals surface area contributed by atoms with Crippen molar-refractivity contribution in [2.75, 3.05) is 26.2 Å². The van der Waals surface area contributed by atoms with Gasteiger partial charge in [-0.25, -0.2) is 0 Å². The molecule has 2 saturated heterocycles. The quantitative estimate of drug-likeness (QED) is 0.858. The lowest BCUT2D eigenvalue weighted by atomic mass is 10.0. The average Bonchev–Trinajstić information content (AvgIpc) is 2.87. The van der Waals surface area contributed by atoms with Crippen LogP contribution in [0.2, 0.25) is 5.02 Å². The monoisotopic (exact) mass is 328 g/mol. The van der Waals surface area contributed by atoms with Gasteiger partial charge in [0, 0.05) is 35.7 Å². The fraction of sp³-hybridized carbons (Fsp3) is 0.462. The second kappa shape index (κ2) is 4.83. The number of hydrogen-bond acceptors (Lipinski definition) is 2. The first-order valence-electron chi connectivity index (χ1n) is 6.10. The molecule has 1 N–H and O–H groups in total. The second-order valence-corrected chi connectivity index (χ2v) is 6.30. The van der Waals surface area contributed by atoms with Crippen LogP contribution in [0, 0.1) is 11.8 Å². The number of nitrogens with zero attached hydrogens (tertiary/aromatic N) is 1. The largest absolute Gasteiger partial charge is 0.338 e. The second-order valence-electron chi connectivity index (χ2n) is 5.01. The molecular weight excluding hydrogens is 316 g/mol. The minimum atomic E-state index is 0.105. The van der Waals surface area contributed by atoms with Crippen molar-refractivity contribution < 1.29 is 4.79 Å². The molecule has 0 unspecified atom stereocenters. The first-order chi connectivity index (χ1) is 8.65. The predicted molar refractivity (Wildman–Crippen MR) is 74.9 cm³/mol. The van der Waals surface area contributed by atoms with Crippen LogP contribution in [0.25, 0.3) is 0 Å². The molecule has 0 bridgehead atoms. The fourth-order valence-corrected chi connectivity index (χ4v) is 3.71. The summed E-state index contributed by atoms with van der Waals surface area (Å²) in [5.41, 5.74) is 0.701. The van der Waals surface area contributed by atoms with Gasteiger partial charge in [0.05, 0.1) is 5.56 Å². The zero-order valence-corrected chi connectivity index (χ0v) is 12.2. The van der Waals surface area contributed by atoms with Crippen LogP contribution in [0.15, 0.2) is 22.7 Å². The highest BCUT2D eigenvalue weighted by molar-refractivity contribution is 9.10. The first kappa shape index (κ1) is 12.5. The maximum Gasteiger partial charge on any atom is 0.255 e. The van der Waals surface area contributed by atoms with Gasteiger partial charge in [-0.15, -0.1) is 0 Å². The number of benzene rings is 1. The van der Waals surface area contributed by atoms with Crippen molar-refractivity contribution in [1.29, 1.82) is 0 Å². The third kappa shape index (κ3) is 2.17. The van der Waals surface area contributed by atoms with Gasteiger partial charge in [0.25, 0.3) is 5.91 Å². The van der Waals surface area contributed by atoms with Gasteiger partial charge in [0.15, 0.2) is 0 Å². The summed E-state index contributed by atoms with van der Waals surface area (Å²) >= 11 is 9.31. The molecule has 1 aromatic carbocycles. The van der Waals surface area contributed by atoms with E-state index in [2.05, 4.69) is 21.2 Å². The van der Waals surface area contributed by atoms with E-state index < -0.39 is 0 Å². The Morgan fingerprint density at radius 3 is 2.61 bits per heavy atom. The van der Waals surface area contributed by atoms with E-state index in [1.54, 1.807) is 18.2 Å². The molecule has 2 aliphatic heterocycles. The minimum Gasteiger partial charge on any atom is -0.338 e. The van der Waals surface area contributed by atoms with Crippen LogP contribution in [-0.4, -0.2) is 37.0 Å². The Kier molecular flexibility index (Phi) is 3.34. The van der Waals surface area contributed by atoms with E-state index in [0.29, 0.717) is 22.4 Å². The van der Waals surface area contributed by atoms with E-state index in [9.17, 15) is 4.79 Å². The zero-order chi connectivity index (χ0) is 12.7. The maximum absolute atomic E-state index is 12.4. The average molecular weight is 330 g/mol. The Morgan fingerprint density at radius 1 is 1.33 bits per heavy atom. The Bertz CT molecular complexity index is 482. The summed E-state index contributed by atoms with van der Waals surface area (Å²) in [6, 6.07) is 5.33. The molecule has 0 saturated carbocycles. The SMILES string of the molecule is O=C(c1ccc(Cl)cc1Br)N1C[C@H]2CNC[C@H]2C1. The molecule has 0 aromatic heterocycles. The molecule has 3 nitrogen and oxygen atoms in total. The van der Waals surface area contributed by atoms with Crippen LogP contribution < -0.4 is 5.32 Å². The summed E-state index contributed by atoms with van der Waals surface area (Å²) in [5.74, 6) is 1.35. The van der Waals surface area contributed by atoms with Gasteiger partial charge in [0.1, 0.15) is 0 Å². The molecule has 0 spiro atoms. The smallest absolute Gasteiger partial charge is 0.255 e. The molecule has 1 aromatic rings. The van der Waals surface area contributed by atoms with Gasteiger partial charge in [-0.1, -0.05) is 11.6 Å². The number of carbonyl (C=O) groups is 1. The van der Waals surface area contributed by atoms with Crippen LogP contribution in [0.5, 0.6) is 0 Å². The number of hydrogen-bond donors (Lipinski definition) is 1. The Hall–Kier alpha value is -0.580. The number of rotatable bonds is 1. The Balaban J connectivity index is 1.79. The number of fused-ring (bicyclic) bond motifs is 1. The minimum absolute atomic E-state index is 0.105. The van der Waals surface area contributed by atoms with Crippen LogP contribution in [-0.2, 0) is 0 Å². The van der Waals surface area contributed by atoms with Crippen LogP contribution >= 0.6 is 27.5 Å². The predicted octanol–water partition coefficient (Wildman–Crippen LogP) is 2.39. The molecule has 3 rings (SSSR count). The molecule has 96 valence electrons. The van der Waals surface area contributed by atoms with E-state index in [0.717, 1.165) is 30.7 Å². The molecular formula is C13H14BrClN2O. The zero-order valence-electron chi connectivity index (χ0n) is 9.83. The molecule has 2 atom stereocenters. The highest BCUT2D eigenvalue weighted by atomic mass is 79.9. The van der Waals surface area contributed by atoms with Crippen molar-refractivity contribution in [3.8, 4) is 0 Å². The molecule has 0 radical (unpaired) electrons. The van der Waals surface area contributed by atoms with Crippen molar-refractivity contribution in [3.63, 3.8) is 0 Å². The van der Waals surface area contributed by atoms with Crippen LogP contribution in [0.1, 0.15) is 10.4 Å². The van der Waals surface area contributed by atoms with E-state index in [4.69, 9.17) is 11.6 Å². The summed E-state index contributed by atoms with van der Waals surface area (Å²) in [5, 5.41) is 4.02. The van der Waals surface area contributed by atoms with E-state index >= 15 is 0 Å². The van der Waals surface area contributed by atoms with Crippen LogP contribution in [0.3, 0.4) is 0 Å². The van der Waals surface area contributed by atoms with Gasteiger partial charge < -0.3 is 10.2 Å². The van der Waals surface area contributed by atoms with Crippen molar-refractivity contribution in [1.82, 2.24) is 10.2 Å². The fourth-order valence-electron chi connectivity index (χ4n) is 2.85. The highest BCUT2D eigenvalue weighted by Gasteiger charge is 2.38. The molecule has 2 fully saturated rings. The molecule has 18 heavy (non-hydrogen) atoms. The molecule has 2 heterocycles. The molecule has 5 heteroatoms. The van der Waals surface area contributed by atoms with Gasteiger partial charge >= 0.3 is 0 Å². The number of likely N-dealkylation sites (tertiary alicyclic amines) is 1. The van der Waals surface area contributed by atoms with E-state index in [-0.39, 0.29) is 5.91 Å². The van der Waals surface area contributed by atoms with Crippen molar-refractivity contribution >= 4 is 33.4 Å². The van der Waals surface area contributed by atoms with Gasteiger partial charge in [-0.3, -0.25) is 4.79 Å². The van der Waals surface area contributed by atoms with Crippen molar-refractivity contribution in [3.05, 3.63) is 33.3 Å². The normalized spacial score (nSPS) is 26.4.